The molecular weight excluding hydrogens is 392 g/mol. The average Bonchev–Trinajstić information content (AvgIpc) is 3.17. The van der Waals surface area contributed by atoms with Gasteiger partial charge in [-0.25, -0.2) is 0 Å². The first-order valence-electron chi connectivity index (χ1n) is 10.1. The van der Waals surface area contributed by atoms with Crippen LogP contribution in [0.15, 0.2) is 48.5 Å². The molecule has 31 heavy (non-hydrogen) atoms. The first-order valence-corrected chi connectivity index (χ1v) is 10.1. The SMILES string of the molecule is CCC(C)(CNC)n1c(C=O)cc2ccc(C=O)cc21.CNc1ccccc1C(N)=O. The molecule has 0 aliphatic rings. The second kappa shape index (κ2) is 10.5. The maximum absolute atomic E-state index is 11.4. The molecule has 0 aliphatic carbocycles. The molecule has 1 atom stereocenters. The third kappa shape index (κ3) is 5.19. The summed E-state index contributed by atoms with van der Waals surface area (Å²) in [6.07, 6.45) is 2.59. The maximum Gasteiger partial charge on any atom is 0.250 e. The van der Waals surface area contributed by atoms with E-state index in [1.807, 2.05) is 35.9 Å². The van der Waals surface area contributed by atoms with Crippen LogP contribution in [-0.4, -0.2) is 43.7 Å². The molecule has 0 radical (unpaired) electrons. The summed E-state index contributed by atoms with van der Waals surface area (Å²) in [7, 11) is 3.65. The number of carbonyl (C=O) groups is 3. The topological polar surface area (TPSA) is 106 Å². The average molecular weight is 423 g/mol. The highest BCUT2D eigenvalue weighted by Gasteiger charge is 2.27. The molecule has 0 saturated heterocycles. The number of hydrogen-bond donors (Lipinski definition) is 3. The van der Waals surface area contributed by atoms with Gasteiger partial charge in [0.1, 0.15) is 6.29 Å². The van der Waals surface area contributed by atoms with E-state index in [9.17, 15) is 14.4 Å². The van der Waals surface area contributed by atoms with Gasteiger partial charge in [0.2, 0.25) is 0 Å². The van der Waals surface area contributed by atoms with Crippen molar-refractivity contribution in [3.63, 3.8) is 0 Å². The minimum absolute atomic E-state index is 0.214. The summed E-state index contributed by atoms with van der Waals surface area (Å²) >= 11 is 0. The van der Waals surface area contributed by atoms with Gasteiger partial charge in [0.15, 0.2) is 6.29 Å². The fourth-order valence-corrected chi connectivity index (χ4v) is 3.66. The predicted molar refractivity (Wildman–Crippen MR) is 125 cm³/mol. The van der Waals surface area contributed by atoms with Gasteiger partial charge >= 0.3 is 0 Å². The van der Waals surface area contributed by atoms with E-state index in [-0.39, 0.29) is 5.54 Å². The van der Waals surface area contributed by atoms with E-state index in [0.29, 0.717) is 16.8 Å². The van der Waals surface area contributed by atoms with Gasteiger partial charge in [0.05, 0.1) is 16.8 Å². The zero-order chi connectivity index (χ0) is 23.0. The lowest BCUT2D eigenvalue weighted by Gasteiger charge is -2.32. The number of amides is 1. The zero-order valence-electron chi connectivity index (χ0n) is 18.4. The van der Waals surface area contributed by atoms with Crippen LogP contribution in [0.25, 0.3) is 10.9 Å². The van der Waals surface area contributed by atoms with Crippen molar-refractivity contribution in [3.05, 3.63) is 65.4 Å². The Morgan fingerprint density at radius 3 is 2.32 bits per heavy atom. The Morgan fingerprint density at radius 1 is 1.10 bits per heavy atom. The van der Waals surface area contributed by atoms with Crippen molar-refractivity contribution in [3.8, 4) is 0 Å². The number of fused-ring (bicyclic) bond motifs is 1. The quantitative estimate of drug-likeness (QED) is 0.482. The molecule has 4 N–H and O–H groups in total. The van der Waals surface area contributed by atoms with Crippen LogP contribution < -0.4 is 16.4 Å². The van der Waals surface area contributed by atoms with Crippen LogP contribution in [0.4, 0.5) is 5.69 Å². The number of aldehydes is 2. The Kier molecular flexibility index (Phi) is 8.10. The summed E-state index contributed by atoms with van der Waals surface area (Å²) < 4.78 is 2.04. The Hall–Kier alpha value is -3.45. The number of para-hydroxylation sites is 1. The van der Waals surface area contributed by atoms with E-state index < -0.39 is 5.91 Å². The summed E-state index contributed by atoms with van der Waals surface area (Å²) in [5.41, 5.74) is 8.38. The predicted octanol–water partition coefficient (Wildman–Crippen LogP) is 3.44. The van der Waals surface area contributed by atoms with Crippen molar-refractivity contribution in [2.45, 2.75) is 25.8 Å². The number of aromatic nitrogens is 1. The summed E-state index contributed by atoms with van der Waals surface area (Å²) in [5, 5.41) is 7.04. The van der Waals surface area contributed by atoms with Crippen LogP contribution in [0.2, 0.25) is 0 Å². The largest absolute Gasteiger partial charge is 0.387 e. The molecule has 0 spiro atoms. The number of hydrogen-bond acceptors (Lipinski definition) is 5. The second-order valence-electron chi connectivity index (χ2n) is 7.50. The van der Waals surface area contributed by atoms with Crippen molar-refractivity contribution < 1.29 is 14.4 Å². The molecule has 3 aromatic rings. The van der Waals surface area contributed by atoms with Crippen molar-refractivity contribution >= 4 is 35.1 Å². The molecular formula is C24H30N4O3. The van der Waals surface area contributed by atoms with E-state index in [4.69, 9.17) is 5.73 Å². The van der Waals surface area contributed by atoms with Crippen molar-refractivity contribution in [1.82, 2.24) is 9.88 Å². The molecule has 7 heteroatoms. The Balaban J connectivity index is 0.000000262. The zero-order valence-corrected chi connectivity index (χ0v) is 18.4. The number of likely N-dealkylation sites (N-methyl/N-ethyl adjacent to an activating group) is 1. The maximum atomic E-state index is 11.4. The molecule has 1 amide bonds. The van der Waals surface area contributed by atoms with Gasteiger partial charge in [0.25, 0.3) is 5.91 Å². The lowest BCUT2D eigenvalue weighted by Crippen LogP contribution is -2.39. The van der Waals surface area contributed by atoms with Crippen LogP contribution in [-0.2, 0) is 5.54 Å². The van der Waals surface area contributed by atoms with Crippen LogP contribution in [0.3, 0.4) is 0 Å². The number of benzene rings is 2. The number of rotatable bonds is 8. The van der Waals surface area contributed by atoms with Crippen LogP contribution in [0.1, 0.15) is 51.5 Å². The molecule has 2 aromatic carbocycles. The highest BCUT2D eigenvalue weighted by atomic mass is 16.1. The molecule has 1 aromatic heterocycles. The number of primary amides is 1. The fraction of sp³-hybridized carbons (Fsp3) is 0.292. The number of nitrogens with two attached hydrogens (primary N) is 1. The first kappa shape index (κ1) is 23.8. The van der Waals surface area contributed by atoms with E-state index >= 15 is 0 Å². The minimum Gasteiger partial charge on any atom is -0.387 e. The first-order chi connectivity index (χ1) is 14.8. The molecule has 0 saturated carbocycles. The van der Waals surface area contributed by atoms with Crippen molar-refractivity contribution in [2.75, 3.05) is 26.0 Å². The van der Waals surface area contributed by atoms with Crippen LogP contribution >= 0.6 is 0 Å². The Labute approximate surface area is 182 Å². The third-order valence-electron chi connectivity index (χ3n) is 5.43. The summed E-state index contributed by atoms with van der Waals surface area (Å²) in [6.45, 7) is 4.96. The van der Waals surface area contributed by atoms with Gasteiger partial charge < -0.3 is 20.9 Å². The van der Waals surface area contributed by atoms with Gasteiger partial charge in [-0.2, -0.15) is 0 Å². The molecule has 1 unspecified atom stereocenters. The van der Waals surface area contributed by atoms with Crippen LogP contribution in [0.5, 0.6) is 0 Å². The van der Waals surface area contributed by atoms with Gasteiger partial charge in [-0.05, 0) is 44.7 Å². The molecule has 164 valence electrons. The summed E-state index contributed by atoms with van der Waals surface area (Å²) in [6, 6.07) is 14.5. The van der Waals surface area contributed by atoms with Gasteiger partial charge in [-0.3, -0.25) is 14.4 Å². The fourth-order valence-electron chi connectivity index (χ4n) is 3.66. The number of nitrogens with zero attached hydrogens (tertiary/aromatic N) is 1. The molecule has 1 heterocycles. The third-order valence-corrected chi connectivity index (χ3v) is 5.43. The second-order valence-corrected chi connectivity index (χ2v) is 7.50. The lowest BCUT2D eigenvalue weighted by molar-refractivity contribution is 0.1000. The minimum atomic E-state index is -0.407. The lowest BCUT2D eigenvalue weighted by atomic mass is 9.97. The summed E-state index contributed by atoms with van der Waals surface area (Å²) in [5.74, 6) is -0.407. The molecule has 0 aliphatic heterocycles. The van der Waals surface area contributed by atoms with Gasteiger partial charge in [-0.1, -0.05) is 31.2 Å². The Bertz CT molecular complexity index is 1070. The van der Waals surface area contributed by atoms with Gasteiger partial charge in [-0.15, -0.1) is 0 Å². The Morgan fingerprint density at radius 2 is 1.81 bits per heavy atom. The molecule has 0 bridgehead atoms. The van der Waals surface area contributed by atoms with Crippen molar-refractivity contribution in [2.24, 2.45) is 5.73 Å². The molecule has 3 rings (SSSR count). The van der Waals surface area contributed by atoms with Crippen LogP contribution in [0, 0.1) is 0 Å². The smallest absolute Gasteiger partial charge is 0.250 e. The highest BCUT2D eigenvalue weighted by Crippen LogP contribution is 2.30. The number of anilines is 1. The molecule has 0 fully saturated rings. The van der Waals surface area contributed by atoms with Gasteiger partial charge in [0, 0.05) is 35.7 Å². The standard InChI is InChI=1S/C16H20N2O2.C8H10N2O/c1-4-16(2,11-17-3)18-14(10-20)8-13-6-5-12(9-19)7-15(13)18;1-10-7-5-3-2-4-6(7)8(9)11/h5-10,17H,4,11H2,1-3H3;2-5,10H,1H3,(H2,9,11). The monoisotopic (exact) mass is 422 g/mol. The van der Waals surface area contributed by atoms with E-state index in [0.717, 1.165) is 42.1 Å². The number of nitrogens with one attached hydrogen (secondary N) is 2. The van der Waals surface area contributed by atoms with E-state index in [1.54, 1.807) is 31.3 Å². The molecule has 7 nitrogen and oxygen atoms in total. The van der Waals surface area contributed by atoms with E-state index in [2.05, 4.69) is 24.5 Å². The number of carbonyl (C=O) groups excluding carboxylic acids is 3. The van der Waals surface area contributed by atoms with Crippen molar-refractivity contribution in [1.29, 1.82) is 0 Å². The normalized spacial score (nSPS) is 12.4. The highest BCUT2D eigenvalue weighted by molar-refractivity contribution is 5.98. The summed E-state index contributed by atoms with van der Waals surface area (Å²) in [4.78, 5) is 33.2. The van der Waals surface area contributed by atoms with E-state index in [1.165, 1.54) is 0 Å².